The lowest BCUT2D eigenvalue weighted by molar-refractivity contribution is -0.165. The zero-order valence-corrected chi connectivity index (χ0v) is 36.1. The minimum atomic E-state index is -3.49. The quantitative estimate of drug-likeness (QED) is 0.0656. The standard InChI is InChI=1S/C6H10O4.C5H10O5S.C5H10O3.C5H10O2.C4H10O3S.C4H8O2.C3H8O.CH4/c1-3-6(8)10-4-9-5(2)7;1-3-11(7,8)10-4-9-5(2)6;1-3-7-4-8-5(2)6;1-3-5(6)7-4-2;1-3-7-8(5,6)4-2;1-3-6-4(2)5;1-3-4-2;/h3-4H2,1-2H3;3-4H2,1-2H3;3-4H2,1-2H3;3-4H2,1-2H3;3-4H2,1-2H3;3H2,1-2H3;3H2,1-2H3;1H4. The summed E-state index contributed by atoms with van der Waals surface area (Å²) in [5.74, 6) is -2.12. The zero-order valence-electron chi connectivity index (χ0n) is 34.5. The lowest BCUT2D eigenvalue weighted by Crippen LogP contribution is -2.12. The zero-order chi connectivity index (χ0) is 44.0. The highest BCUT2D eigenvalue weighted by atomic mass is 32.2. The predicted octanol–water partition coefficient (Wildman–Crippen LogP) is 4.07. The van der Waals surface area contributed by atoms with E-state index in [9.17, 15) is 45.6 Å². The van der Waals surface area contributed by atoms with E-state index in [0.717, 1.165) is 6.61 Å². The van der Waals surface area contributed by atoms with Gasteiger partial charge in [-0.2, -0.15) is 16.8 Å². The van der Waals surface area contributed by atoms with Gasteiger partial charge in [0, 0.05) is 60.9 Å². The van der Waals surface area contributed by atoms with Gasteiger partial charge in [0.1, 0.15) is 0 Å². The van der Waals surface area contributed by atoms with Crippen molar-refractivity contribution in [3.05, 3.63) is 0 Å². The first-order valence-corrected chi connectivity index (χ1v) is 19.8. The summed E-state index contributed by atoms with van der Waals surface area (Å²) in [6, 6.07) is 0. The molecule has 0 amide bonds. The van der Waals surface area contributed by atoms with Crippen LogP contribution in [0.4, 0.5) is 0 Å². The summed E-state index contributed by atoms with van der Waals surface area (Å²) in [5.41, 5.74) is 0. The first-order valence-electron chi connectivity index (χ1n) is 16.7. The normalized spacial score (nSPS) is 9.20. The highest BCUT2D eigenvalue weighted by Crippen LogP contribution is 1.92. The Labute approximate surface area is 329 Å². The Bertz CT molecular complexity index is 1120. The molecule has 0 aromatic carbocycles. The second kappa shape index (κ2) is 52.7. The smallest absolute Gasteiger partial charge is 0.308 e. The molecule has 22 heteroatoms. The lowest BCUT2D eigenvalue weighted by Gasteiger charge is -2.01. The molecule has 0 bridgehead atoms. The lowest BCUT2D eigenvalue weighted by atomic mass is 10.5. The topological polar surface area (TPSA) is 263 Å². The first-order chi connectivity index (χ1) is 25.0. The summed E-state index contributed by atoms with van der Waals surface area (Å²) < 4.78 is 86.1. The van der Waals surface area contributed by atoms with Gasteiger partial charge in [-0.05, 0) is 48.5 Å². The van der Waals surface area contributed by atoms with E-state index in [-0.39, 0.29) is 63.0 Å². The number of hydrogen-bond acceptors (Lipinski definition) is 20. The third-order valence-corrected chi connectivity index (χ3v) is 6.51. The van der Waals surface area contributed by atoms with Crippen LogP contribution in [0.25, 0.3) is 0 Å². The molecule has 0 aliphatic heterocycles. The van der Waals surface area contributed by atoms with E-state index in [1.165, 1.54) is 34.6 Å². The summed E-state index contributed by atoms with van der Waals surface area (Å²) in [7, 11) is -4.98. The molecule has 0 aromatic rings. The number of methoxy groups -OCH3 is 1. The van der Waals surface area contributed by atoms with Crippen LogP contribution in [0.3, 0.4) is 0 Å². The number of hydrogen-bond donors (Lipinski definition) is 0. The average molecular weight is 851 g/mol. The van der Waals surface area contributed by atoms with Gasteiger partial charge in [-0.15, -0.1) is 0 Å². The second-order valence-electron chi connectivity index (χ2n) is 8.50. The number of esters is 6. The van der Waals surface area contributed by atoms with Crippen molar-refractivity contribution in [1.29, 1.82) is 0 Å². The van der Waals surface area contributed by atoms with Gasteiger partial charge in [0.15, 0.2) is 6.79 Å². The van der Waals surface area contributed by atoms with Crippen LogP contribution in [0.15, 0.2) is 0 Å². The Morgan fingerprint density at radius 2 is 0.764 bits per heavy atom. The molecule has 0 aliphatic carbocycles. The third-order valence-electron chi connectivity index (χ3n) is 4.05. The number of carbonyl (C=O) groups is 6. The minimum absolute atomic E-state index is 0. The molecule has 0 heterocycles. The second-order valence-corrected chi connectivity index (χ2v) is 12.4. The fourth-order valence-electron chi connectivity index (χ4n) is 1.48. The van der Waals surface area contributed by atoms with E-state index >= 15 is 0 Å². The number of rotatable bonds is 17. The Balaban J connectivity index is -0.0000000792. The Morgan fingerprint density at radius 1 is 0.418 bits per heavy atom. The van der Waals surface area contributed by atoms with Gasteiger partial charge in [0.2, 0.25) is 13.6 Å². The van der Waals surface area contributed by atoms with Crippen LogP contribution < -0.4 is 0 Å². The van der Waals surface area contributed by atoms with E-state index in [1.54, 1.807) is 48.7 Å². The average Bonchev–Trinajstić information content (AvgIpc) is 3.09. The molecule has 0 radical (unpaired) electrons. The highest BCUT2D eigenvalue weighted by molar-refractivity contribution is 7.86. The van der Waals surface area contributed by atoms with Crippen LogP contribution in [0.5, 0.6) is 0 Å². The monoisotopic (exact) mass is 850 g/mol. The number of ether oxygens (including phenoxy) is 8. The molecular weight excluding hydrogens is 780 g/mol. The summed E-state index contributed by atoms with van der Waals surface area (Å²) in [6.45, 7) is 22.5. The fraction of sp³-hybridized carbons (Fsp3) is 0.818. The molecule has 0 fully saturated rings. The molecule has 55 heavy (non-hydrogen) atoms. The molecule has 0 atom stereocenters. The van der Waals surface area contributed by atoms with Gasteiger partial charge in [-0.25, -0.2) is 4.18 Å². The van der Waals surface area contributed by atoms with E-state index in [4.69, 9.17) is 4.74 Å². The van der Waals surface area contributed by atoms with Crippen molar-refractivity contribution >= 4 is 56.1 Å². The molecule has 0 N–H and O–H groups in total. The Kier molecular flexibility index (Phi) is 66.5. The SMILES string of the molecule is C.CCC(=O)OCOC(C)=O.CCOC.CCOC(=O)CC.CCOC(C)=O.CCOCOC(C)=O.CCOS(=O)(=O)CC.CCS(=O)(=O)OCOC(C)=O. The molecular formula is C33H70O20S2. The fourth-order valence-corrected chi connectivity index (χ4v) is 2.37. The van der Waals surface area contributed by atoms with Crippen LogP contribution in [0.1, 0.15) is 110 Å². The van der Waals surface area contributed by atoms with E-state index in [2.05, 4.69) is 41.5 Å². The number of carbonyl (C=O) groups excluding carboxylic acids is 6. The van der Waals surface area contributed by atoms with Crippen molar-refractivity contribution in [3.8, 4) is 0 Å². The largest absolute Gasteiger partial charge is 0.466 e. The molecule has 334 valence electrons. The van der Waals surface area contributed by atoms with E-state index in [0.29, 0.717) is 32.7 Å². The van der Waals surface area contributed by atoms with Crippen molar-refractivity contribution in [2.75, 3.05) is 72.0 Å². The molecule has 0 rings (SSSR count). The van der Waals surface area contributed by atoms with Crippen molar-refractivity contribution in [2.24, 2.45) is 0 Å². The predicted molar refractivity (Wildman–Crippen MR) is 203 cm³/mol. The van der Waals surface area contributed by atoms with E-state index < -0.39 is 39.0 Å². The molecule has 0 aromatic heterocycles. The summed E-state index contributed by atoms with van der Waals surface area (Å²) in [6.07, 6.45) is 0.773. The molecule has 20 nitrogen and oxygen atoms in total. The van der Waals surface area contributed by atoms with Crippen molar-refractivity contribution in [1.82, 2.24) is 0 Å². The maximum Gasteiger partial charge on any atom is 0.308 e. The first kappa shape index (κ1) is 69.5. The van der Waals surface area contributed by atoms with Crippen LogP contribution in [-0.2, 0) is 95.3 Å². The maximum atomic E-state index is 10.6. The Morgan fingerprint density at radius 3 is 1.00 bits per heavy atom. The molecule has 0 saturated heterocycles. The van der Waals surface area contributed by atoms with Gasteiger partial charge in [0.05, 0.1) is 31.3 Å². The summed E-state index contributed by atoms with van der Waals surface area (Å²) in [5, 5.41) is 0. The van der Waals surface area contributed by atoms with Crippen LogP contribution in [0.2, 0.25) is 0 Å². The van der Waals surface area contributed by atoms with Crippen LogP contribution >= 0.6 is 0 Å². The highest BCUT2D eigenvalue weighted by Gasteiger charge is 2.07. The van der Waals surface area contributed by atoms with Crippen molar-refractivity contribution < 1.29 is 91.9 Å². The summed E-state index contributed by atoms with van der Waals surface area (Å²) in [4.78, 5) is 60.6. The molecule has 0 aliphatic rings. The molecule has 0 unspecified atom stereocenters. The van der Waals surface area contributed by atoms with Gasteiger partial charge in [0.25, 0.3) is 20.2 Å². The third kappa shape index (κ3) is 94.3. The minimum Gasteiger partial charge on any atom is -0.466 e. The van der Waals surface area contributed by atoms with Crippen molar-refractivity contribution in [2.45, 2.75) is 110 Å². The maximum absolute atomic E-state index is 10.6. The van der Waals surface area contributed by atoms with Gasteiger partial charge in [-0.3, -0.25) is 33.0 Å². The van der Waals surface area contributed by atoms with Crippen molar-refractivity contribution in [3.63, 3.8) is 0 Å². The van der Waals surface area contributed by atoms with Gasteiger partial charge < -0.3 is 37.9 Å². The van der Waals surface area contributed by atoms with Gasteiger partial charge >= 0.3 is 35.8 Å². The van der Waals surface area contributed by atoms with Gasteiger partial charge in [-0.1, -0.05) is 21.3 Å². The Hall–Kier alpha value is -3.44. The molecule has 0 spiro atoms. The summed E-state index contributed by atoms with van der Waals surface area (Å²) >= 11 is 0. The van der Waals surface area contributed by atoms with E-state index in [1.807, 2.05) is 13.8 Å². The molecule has 0 saturated carbocycles. The van der Waals surface area contributed by atoms with Crippen LogP contribution in [-0.4, -0.2) is 125 Å². The van der Waals surface area contributed by atoms with Crippen LogP contribution in [0, 0.1) is 0 Å².